The van der Waals surface area contributed by atoms with Gasteiger partial charge in [-0.1, -0.05) is 13.8 Å². The van der Waals surface area contributed by atoms with E-state index in [9.17, 15) is 0 Å². The lowest BCUT2D eigenvalue weighted by Gasteiger charge is -2.35. The van der Waals surface area contributed by atoms with E-state index in [0.717, 1.165) is 31.2 Å². The van der Waals surface area contributed by atoms with Crippen molar-refractivity contribution in [1.29, 1.82) is 0 Å². The molecule has 0 amide bonds. The average Bonchev–Trinajstić information content (AvgIpc) is 2.68. The maximum absolute atomic E-state index is 9.09. The van der Waals surface area contributed by atoms with Crippen LogP contribution in [0.3, 0.4) is 0 Å². The second kappa shape index (κ2) is 7.38. The molecule has 0 atom stereocenters. The third-order valence-electron chi connectivity index (χ3n) is 4.31. The largest absolute Gasteiger partial charge is 0.394 e. The number of aromatic nitrogens is 2. The third kappa shape index (κ3) is 4.28. The zero-order chi connectivity index (χ0) is 15.4. The summed E-state index contributed by atoms with van der Waals surface area (Å²) < 4.78 is 1.93. The van der Waals surface area contributed by atoms with Gasteiger partial charge in [-0.2, -0.15) is 5.10 Å². The molecule has 2 rings (SSSR count). The number of aliphatic hydroxyl groups is 1. The monoisotopic (exact) mass is 294 g/mol. The van der Waals surface area contributed by atoms with Crippen molar-refractivity contribution in [3.8, 4) is 0 Å². The molecule has 120 valence electrons. The molecule has 0 unspecified atom stereocenters. The molecule has 0 bridgehead atoms. The number of nitrogens with zero attached hydrogens (tertiary/aromatic N) is 4. The summed E-state index contributed by atoms with van der Waals surface area (Å²) in [6.45, 7) is 16.3. The lowest BCUT2D eigenvalue weighted by Crippen LogP contribution is -2.47. The van der Waals surface area contributed by atoms with Gasteiger partial charge in [0, 0.05) is 50.5 Å². The Balaban J connectivity index is 1.91. The molecule has 0 radical (unpaired) electrons. The number of rotatable bonds is 6. The van der Waals surface area contributed by atoms with Gasteiger partial charge in [0.25, 0.3) is 0 Å². The van der Waals surface area contributed by atoms with Crippen LogP contribution in [0.15, 0.2) is 0 Å². The van der Waals surface area contributed by atoms with Crippen molar-refractivity contribution in [2.75, 3.05) is 39.3 Å². The third-order valence-corrected chi connectivity index (χ3v) is 4.31. The molecule has 1 aromatic heterocycles. The normalized spacial score (nSPS) is 17.8. The SMILES string of the molecule is Cc1nn(CCO)c(C)c1CN1CCN(CC(C)C)CC1. The first-order valence-electron chi connectivity index (χ1n) is 8.09. The highest BCUT2D eigenvalue weighted by Crippen LogP contribution is 2.17. The molecule has 1 N–H and O–H groups in total. The molecule has 1 aliphatic rings. The summed E-state index contributed by atoms with van der Waals surface area (Å²) in [6, 6.07) is 0. The molecular formula is C16H30N4O. The topological polar surface area (TPSA) is 44.5 Å². The molecule has 5 nitrogen and oxygen atoms in total. The quantitative estimate of drug-likeness (QED) is 0.858. The molecule has 2 heterocycles. The molecule has 1 saturated heterocycles. The zero-order valence-electron chi connectivity index (χ0n) is 14.0. The van der Waals surface area contributed by atoms with Gasteiger partial charge in [-0.05, 0) is 19.8 Å². The number of hydrogen-bond acceptors (Lipinski definition) is 4. The zero-order valence-corrected chi connectivity index (χ0v) is 14.0. The minimum Gasteiger partial charge on any atom is -0.394 e. The van der Waals surface area contributed by atoms with Crippen molar-refractivity contribution in [1.82, 2.24) is 19.6 Å². The van der Waals surface area contributed by atoms with Gasteiger partial charge in [0.15, 0.2) is 0 Å². The number of aryl methyl sites for hydroxylation is 1. The van der Waals surface area contributed by atoms with Crippen molar-refractivity contribution >= 4 is 0 Å². The summed E-state index contributed by atoms with van der Waals surface area (Å²) >= 11 is 0. The molecule has 1 fully saturated rings. The summed E-state index contributed by atoms with van der Waals surface area (Å²) in [4.78, 5) is 5.09. The summed E-state index contributed by atoms with van der Waals surface area (Å²) in [5.74, 6) is 0.748. The van der Waals surface area contributed by atoms with Crippen LogP contribution < -0.4 is 0 Å². The van der Waals surface area contributed by atoms with Crippen LogP contribution in [0.25, 0.3) is 0 Å². The minimum atomic E-state index is 0.148. The number of piperazine rings is 1. The maximum Gasteiger partial charge on any atom is 0.0644 e. The molecule has 0 saturated carbocycles. The van der Waals surface area contributed by atoms with E-state index in [2.05, 4.69) is 42.6 Å². The highest BCUT2D eigenvalue weighted by atomic mass is 16.3. The molecule has 0 spiro atoms. The Morgan fingerprint density at radius 1 is 1.10 bits per heavy atom. The van der Waals surface area contributed by atoms with Gasteiger partial charge in [-0.15, -0.1) is 0 Å². The van der Waals surface area contributed by atoms with E-state index in [-0.39, 0.29) is 6.61 Å². The molecule has 1 aromatic rings. The Morgan fingerprint density at radius 3 is 2.29 bits per heavy atom. The first kappa shape index (κ1) is 16.5. The van der Waals surface area contributed by atoms with Crippen molar-refractivity contribution in [3.05, 3.63) is 17.0 Å². The summed E-state index contributed by atoms with van der Waals surface area (Å²) in [7, 11) is 0. The Labute approximate surface area is 128 Å². The van der Waals surface area contributed by atoms with E-state index in [1.54, 1.807) is 0 Å². The summed E-state index contributed by atoms with van der Waals surface area (Å²) in [6.07, 6.45) is 0. The summed E-state index contributed by atoms with van der Waals surface area (Å²) in [5, 5.41) is 13.6. The second-order valence-corrected chi connectivity index (χ2v) is 6.57. The van der Waals surface area contributed by atoms with Crippen molar-refractivity contribution in [2.24, 2.45) is 5.92 Å². The first-order valence-corrected chi connectivity index (χ1v) is 8.09. The van der Waals surface area contributed by atoms with Gasteiger partial charge in [-0.25, -0.2) is 0 Å². The lowest BCUT2D eigenvalue weighted by atomic mass is 10.1. The molecule has 1 aliphatic heterocycles. The van der Waals surface area contributed by atoms with Crippen LogP contribution >= 0.6 is 0 Å². The molecule has 0 aromatic carbocycles. The van der Waals surface area contributed by atoms with Crippen LogP contribution in [0.2, 0.25) is 0 Å². The average molecular weight is 294 g/mol. The fourth-order valence-electron chi connectivity index (χ4n) is 3.15. The highest BCUT2D eigenvalue weighted by molar-refractivity contribution is 5.24. The second-order valence-electron chi connectivity index (χ2n) is 6.57. The Morgan fingerprint density at radius 2 is 1.71 bits per heavy atom. The Hall–Kier alpha value is -0.910. The van der Waals surface area contributed by atoms with E-state index in [1.165, 1.54) is 30.9 Å². The van der Waals surface area contributed by atoms with Gasteiger partial charge in [-0.3, -0.25) is 9.58 Å². The van der Waals surface area contributed by atoms with E-state index in [1.807, 2.05) is 4.68 Å². The molecule has 0 aliphatic carbocycles. The van der Waals surface area contributed by atoms with Crippen molar-refractivity contribution in [2.45, 2.75) is 40.8 Å². The first-order chi connectivity index (χ1) is 10.0. The van der Waals surface area contributed by atoms with Crippen LogP contribution in [0.1, 0.15) is 30.8 Å². The number of hydrogen-bond donors (Lipinski definition) is 1. The van der Waals surface area contributed by atoms with E-state index in [0.29, 0.717) is 6.54 Å². The Kier molecular flexibility index (Phi) is 5.79. The molecular weight excluding hydrogens is 264 g/mol. The smallest absolute Gasteiger partial charge is 0.0644 e. The predicted molar refractivity (Wildman–Crippen MR) is 85.3 cm³/mol. The Bertz CT molecular complexity index is 447. The molecule has 21 heavy (non-hydrogen) atoms. The van der Waals surface area contributed by atoms with E-state index in [4.69, 9.17) is 5.11 Å². The van der Waals surface area contributed by atoms with Crippen molar-refractivity contribution in [3.63, 3.8) is 0 Å². The predicted octanol–water partition coefficient (Wildman–Crippen LogP) is 1.27. The van der Waals surface area contributed by atoms with Gasteiger partial charge < -0.3 is 10.0 Å². The highest BCUT2D eigenvalue weighted by Gasteiger charge is 2.20. The number of aliphatic hydroxyl groups excluding tert-OH is 1. The molecule has 5 heteroatoms. The van der Waals surface area contributed by atoms with Crippen LogP contribution in [0, 0.1) is 19.8 Å². The van der Waals surface area contributed by atoms with Crippen molar-refractivity contribution < 1.29 is 5.11 Å². The maximum atomic E-state index is 9.09. The van der Waals surface area contributed by atoms with E-state index < -0.39 is 0 Å². The van der Waals surface area contributed by atoms with Gasteiger partial charge in [0.1, 0.15) is 0 Å². The van der Waals surface area contributed by atoms with Gasteiger partial charge in [0.05, 0.1) is 18.8 Å². The standard InChI is InChI=1S/C16H30N4O/c1-13(2)11-18-5-7-19(8-6-18)12-16-14(3)17-20(9-10-21)15(16)4/h13,21H,5-12H2,1-4H3. The summed E-state index contributed by atoms with van der Waals surface area (Å²) in [5.41, 5.74) is 3.64. The lowest BCUT2D eigenvalue weighted by molar-refractivity contribution is 0.117. The van der Waals surface area contributed by atoms with Crippen LogP contribution in [0.5, 0.6) is 0 Å². The van der Waals surface area contributed by atoms with Crippen LogP contribution in [-0.4, -0.2) is 64.0 Å². The van der Waals surface area contributed by atoms with E-state index >= 15 is 0 Å². The fraction of sp³-hybridized carbons (Fsp3) is 0.812. The van der Waals surface area contributed by atoms with Gasteiger partial charge in [0.2, 0.25) is 0 Å². The van der Waals surface area contributed by atoms with Gasteiger partial charge >= 0.3 is 0 Å². The van der Waals surface area contributed by atoms with Crippen LogP contribution in [0.4, 0.5) is 0 Å². The van der Waals surface area contributed by atoms with Crippen LogP contribution in [-0.2, 0) is 13.1 Å². The minimum absolute atomic E-state index is 0.148. The fourth-order valence-corrected chi connectivity index (χ4v) is 3.15.